The maximum absolute atomic E-state index is 12.0. The van der Waals surface area contributed by atoms with Crippen molar-refractivity contribution in [1.29, 1.82) is 0 Å². The van der Waals surface area contributed by atoms with Gasteiger partial charge in [-0.25, -0.2) is 14.8 Å². The van der Waals surface area contributed by atoms with Gasteiger partial charge in [0.2, 0.25) is 5.88 Å². The number of carbonyl (C=O) groups excluding carboxylic acids is 1. The highest BCUT2D eigenvalue weighted by atomic mass is 16.5. The summed E-state index contributed by atoms with van der Waals surface area (Å²) in [4.78, 5) is 20.6. The topological polar surface area (TPSA) is 94.6 Å². The normalized spacial score (nSPS) is 18.4. The average molecular weight is 422 g/mol. The predicted molar refractivity (Wildman–Crippen MR) is 116 cm³/mol. The summed E-state index contributed by atoms with van der Waals surface area (Å²) in [7, 11) is 1.62. The fourth-order valence-corrected chi connectivity index (χ4v) is 3.55. The van der Waals surface area contributed by atoms with E-state index in [2.05, 4.69) is 20.6 Å². The average Bonchev–Trinajstić information content (AvgIpc) is 2.82. The van der Waals surface area contributed by atoms with Gasteiger partial charge in [0.1, 0.15) is 25.3 Å². The molecule has 1 aromatic heterocycles. The number of alkyl carbamates (subject to hydrolysis) is 1. The van der Waals surface area contributed by atoms with Crippen LogP contribution in [-0.4, -0.2) is 48.4 Å². The van der Waals surface area contributed by atoms with Crippen LogP contribution in [-0.2, 0) is 11.3 Å². The molecule has 0 spiro atoms. The number of aromatic nitrogens is 2. The Morgan fingerprint density at radius 1 is 1.16 bits per heavy atom. The Kier molecular flexibility index (Phi) is 6.78. The molecule has 0 aliphatic carbocycles. The Morgan fingerprint density at radius 2 is 2.03 bits per heavy atom. The molecule has 2 aromatic carbocycles. The number of hydrogen-bond donors (Lipinski definition) is 2. The molecule has 1 aliphatic heterocycles. The van der Waals surface area contributed by atoms with Crippen LogP contribution in [0.5, 0.6) is 11.6 Å². The van der Waals surface area contributed by atoms with Crippen molar-refractivity contribution >= 4 is 17.0 Å². The van der Waals surface area contributed by atoms with E-state index in [1.165, 1.54) is 6.33 Å². The SMILES string of the molecule is COc1ccc2ncnc(OC[C@H]3CC[C@H](NC(=O)OCc4ccccc4)CN3)c2c1. The lowest BCUT2D eigenvalue weighted by Gasteiger charge is -2.30. The quantitative estimate of drug-likeness (QED) is 0.604. The van der Waals surface area contributed by atoms with E-state index in [1.807, 2.05) is 48.5 Å². The number of methoxy groups -OCH3 is 1. The van der Waals surface area contributed by atoms with E-state index in [0.29, 0.717) is 19.0 Å². The first kappa shape index (κ1) is 20.9. The summed E-state index contributed by atoms with van der Waals surface area (Å²) < 4.78 is 16.6. The molecule has 162 valence electrons. The fourth-order valence-electron chi connectivity index (χ4n) is 3.55. The van der Waals surface area contributed by atoms with Crippen molar-refractivity contribution in [3.05, 3.63) is 60.4 Å². The third kappa shape index (κ3) is 5.61. The Morgan fingerprint density at radius 3 is 2.81 bits per heavy atom. The molecule has 8 heteroatoms. The van der Waals surface area contributed by atoms with Crippen molar-refractivity contribution in [3.8, 4) is 11.6 Å². The van der Waals surface area contributed by atoms with Crippen molar-refractivity contribution in [2.45, 2.75) is 31.5 Å². The Bertz CT molecular complexity index is 1010. The molecule has 8 nitrogen and oxygen atoms in total. The molecule has 3 aromatic rings. The molecule has 2 heterocycles. The largest absolute Gasteiger partial charge is 0.497 e. The van der Waals surface area contributed by atoms with Gasteiger partial charge in [0, 0.05) is 18.6 Å². The molecule has 1 aliphatic rings. The zero-order valence-corrected chi connectivity index (χ0v) is 17.4. The van der Waals surface area contributed by atoms with Crippen LogP contribution in [0.25, 0.3) is 10.9 Å². The first-order chi connectivity index (χ1) is 15.2. The number of amides is 1. The van der Waals surface area contributed by atoms with Gasteiger partial charge in [-0.05, 0) is 36.6 Å². The number of piperidine rings is 1. The molecule has 2 N–H and O–H groups in total. The molecule has 1 saturated heterocycles. The van der Waals surface area contributed by atoms with Crippen LogP contribution in [0.1, 0.15) is 18.4 Å². The first-order valence-corrected chi connectivity index (χ1v) is 10.3. The molecular formula is C23H26N4O4. The first-order valence-electron chi connectivity index (χ1n) is 10.3. The van der Waals surface area contributed by atoms with Crippen molar-refractivity contribution < 1.29 is 19.0 Å². The maximum atomic E-state index is 12.0. The molecule has 31 heavy (non-hydrogen) atoms. The summed E-state index contributed by atoms with van der Waals surface area (Å²) in [6.07, 6.45) is 2.82. The minimum absolute atomic E-state index is 0.0312. The number of nitrogens with one attached hydrogen (secondary N) is 2. The lowest BCUT2D eigenvalue weighted by atomic mass is 10.0. The van der Waals surface area contributed by atoms with Gasteiger partial charge < -0.3 is 24.8 Å². The summed E-state index contributed by atoms with van der Waals surface area (Å²) in [5.41, 5.74) is 1.77. The van der Waals surface area contributed by atoms with Gasteiger partial charge in [-0.2, -0.15) is 0 Å². The van der Waals surface area contributed by atoms with Gasteiger partial charge in [-0.3, -0.25) is 0 Å². The van der Waals surface area contributed by atoms with E-state index in [1.54, 1.807) is 7.11 Å². The second-order valence-electron chi connectivity index (χ2n) is 7.46. The summed E-state index contributed by atoms with van der Waals surface area (Å²) >= 11 is 0. The summed E-state index contributed by atoms with van der Waals surface area (Å²) in [5.74, 6) is 1.27. The zero-order valence-electron chi connectivity index (χ0n) is 17.4. The molecule has 0 bridgehead atoms. The van der Waals surface area contributed by atoms with Gasteiger partial charge in [0.15, 0.2) is 0 Å². The smallest absolute Gasteiger partial charge is 0.407 e. The number of rotatable bonds is 7. The Balaban J connectivity index is 1.22. The molecule has 0 saturated carbocycles. The second kappa shape index (κ2) is 10.1. The van der Waals surface area contributed by atoms with Gasteiger partial charge in [-0.1, -0.05) is 30.3 Å². The van der Waals surface area contributed by atoms with Crippen LogP contribution < -0.4 is 20.1 Å². The lowest BCUT2D eigenvalue weighted by Crippen LogP contribution is -2.51. The monoisotopic (exact) mass is 422 g/mol. The molecular weight excluding hydrogens is 396 g/mol. The predicted octanol–water partition coefficient (Wildman–Crippen LogP) is 3.06. The highest BCUT2D eigenvalue weighted by Gasteiger charge is 2.23. The van der Waals surface area contributed by atoms with Crippen molar-refractivity contribution in [3.63, 3.8) is 0 Å². The molecule has 4 rings (SSSR count). The highest BCUT2D eigenvalue weighted by molar-refractivity contribution is 5.84. The van der Waals surface area contributed by atoms with E-state index in [0.717, 1.165) is 35.1 Å². The fraction of sp³-hybridized carbons (Fsp3) is 0.348. The number of carbonyl (C=O) groups is 1. The van der Waals surface area contributed by atoms with Crippen LogP contribution in [0.4, 0.5) is 4.79 Å². The molecule has 0 unspecified atom stereocenters. The van der Waals surface area contributed by atoms with Gasteiger partial charge in [-0.15, -0.1) is 0 Å². The minimum atomic E-state index is -0.397. The second-order valence-corrected chi connectivity index (χ2v) is 7.46. The third-order valence-electron chi connectivity index (χ3n) is 5.28. The molecule has 1 fully saturated rings. The number of fused-ring (bicyclic) bond motifs is 1. The molecule has 2 atom stereocenters. The van der Waals surface area contributed by atoms with Crippen molar-refractivity contribution in [2.24, 2.45) is 0 Å². The van der Waals surface area contributed by atoms with Crippen molar-refractivity contribution in [1.82, 2.24) is 20.6 Å². The Labute approximate surface area is 180 Å². The third-order valence-corrected chi connectivity index (χ3v) is 5.28. The standard InChI is InChI=1S/C23H26N4O4/c1-29-19-9-10-21-20(11-19)22(26-15-25-21)30-14-18-8-7-17(12-24-18)27-23(28)31-13-16-5-3-2-4-6-16/h2-6,9-11,15,17-18,24H,7-8,12-14H2,1H3,(H,27,28)/t17-,18+/m0/s1. The van der Waals surface area contributed by atoms with E-state index in [4.69, 9.17) is 14.2 Å². The number of nitrogens with zero attached hydrogens (tertiary/aromatic N) is 2. The van der Waals surface area contributed by atoms with Crippen LogP contribution >= 0.6 is 0 Å². The van der Waals surface area contributed by atoms with Gasteiger partial charge in [0.05, 0.1) is 18.0 Å². The number of ether oxygens (including phenoxy) is 3. The molecule has 0 radical (unpaired) electrons. The zero-order chi connectivity index (χ0) is 21.5. The van der Waals surface area contributed by atoms with Gasteiger partial charge >= 0.3 is 6.09 Å². The van der Waals surface area contributed by atoms with Crippen LogP contribution in [0.2, 0.25) is 0 Å². The van der Waals surface area contributed by atoms with E-state index in [-0.39, 0.29) is 18.7 Å². The van der Waals surface area contributed by atoms with Crippen LogP contribution in [0, 0.1) is 0 Å². The Hall–Kier alpha value is -3.39. The highest BCUT2D eigenvalue weighted by Crippen LogP contribution is 2.26. The van der Waals surface area contributed by atoms with E-state index >= 15 is 0 Å². The van der Waals surface area contributed by atoms with Gasteiger partial charge in [0.25, 0.3) is 0 Å². The van der Waals surface area contributed by atoms with E-state index in [9.17, 15) is 4.79 Å². The van der Waals surface area contributed by atoms with Crippen LogP contribution in [0.15, 0.2) is 54.9 Å². The summed E-state index contributed by atoms with van der Waals surface area (Å²) in [5, 5.41) is 7.17. The number of benzene rings is 2. The van der Waals surface area contributed by atoms with Crippen molar-refractivity contribution in [2.75, 3.05) is 20.3 Å². The number of hydrogen-bond acceptors (Lipinski definition) is 7. The summed E-state index contributed by atoms with van der Waals surface area (Å²) in [6, 6.07) is 15.5. The maximum Gasteiger partial charge on any atom is 0.407 e. The molecule has 1 amide bonds. The van der Waals surface area contributed by atoms with E-state index < -0.39 is 6.09 Å². The summed E-state index contributed by atoms with van der Waals surface area (Å²) in [6.45, 7) is 1.41. The minimum Gasteiger partial charge on any atom is -0.497 e. The lowest BCUT2D eigenvalue weighted by molar-refractivity contribution is 0.131. The van der Waals surface area contributed by atoms with Crippen LogP contribution in [0.3, 0.4) is 0 Å².